The van der Waals surface area contributed by atoms with E-state index in [4.69, 9.17) is 0 Å². The number of rotatable bonds is 8. The molecule has 2 atom stereocenters. The number of hydrogen-bond acceptors (Lipinski definition) is 6. The molecule has 0 aliphatic carbocycles. The summed E-state index contributed by atoms with van der Waals surface area (Å²) in [5.74, 6) is -1.65. The van der Waals surface area contributed by atoms with Gasteiger partial charge in [-0.15, -0.1) is 0 Å². The predicted molar refractivity (Wildman–Crippen MR) is 102 cm³/mol. The number of nitrogens with one attached hydrogen (secondary N) is 2. The average Bonchev–Trinajstić information content (AvgIpc) is 2.70. The van der Waals surface area contributed by atoms with Crippen LogP contribution in [-0.2, 0) is 24.3 Å². The van der Waals surface area contributed by atoms with Gasteiger partial charge in [-0.05, 0) is 24.6 Å². The Morgan fingerprint density at radius 3 is 2.25 bits per heavy atom. The van der Waals surface area contributed by atoms with Crippen molar-refractivity contribution in [3.8, 4) is 0 Å². The predicted octanol–water partition coefficient (Wildman–Crippen LogP) is 0.665. The number of aryl methyl sites for hydroxylation is 1. The van der Waals surface area contributed by atoms with E-state index < -0.39 is 40.6 Å². The highest BCUT2D eigenvalue weighted by Gasteiger charge is 2.30. The molecule has 0 bridgehead atoms. The van der Waals surface area contributed by atoms with Gasteiger partial charge in [0.1, 0.15) is 6.10 Å². The van der Waals surface area contributed by atoms with Gasteiger partial charge >= 0.3 is 5.97 Å². The van der Waals surface area contributed by atoms with E-state index in [-0.39, 0.29) is 4.90 Å². The van der Waals surface area contributed by atoms with Gasteiger partial charge in [-0.1, -0.05) is 48.0 Å². The normalized spacial score (nSPS) is 13.4. The molecule has 2 rings (SSSR count). The molecule has 1 amide bonds. The van der Waals surface area contributed by atoms with Crippen molar-refractivity contribution in [3.63, 3.8) is 0 Å². The number of esters is 1. The van der Waals surface area contributed by atoms with Gasteiger partial charge in [-0.3, -0.25) is 4.79 Å². The number of carbonyl (C=O) groups is 2. The largest absolute Gasteiger partial charge is 0.467 e. The maximum Gasteiger partial charge on any atom is 0.331 e. The van der Waals surface area contributed by atoms with Crippen molar-refractivity contribution in [2.75, 3.05) is 13.7 Å². The molecular weight excluding hydrogens is 384 g/mol. The van der Waals surface area contributed by atoms with Crippen LogP contribution in [0.25, 0.3) is 0 Å². The van der Waals surface area contributed by atoms with Crippen LogP contribution < -0.4 is 10.0 Å². The number of amides is 1. The summed E-state index contributed by atoms with van der Waals surface area (Å²) in [7, 11) is -2.77. The van der Waals surface area contributed by atoms with Crippen LogP contribution in [0.3, 0.4) is 0 Å². The number of hydrogen-bond donors (Lipinski definition) is 3. The number of carbonyl (C=O) groups excluding carboxylic acids is 2. The number of aliphatic hydroxyl groups is 1. The Kier molecular flexibility index (Phi) is 7.27. The van der Waals surface area contributed by atoms with Crippen molar-refractivity contribution >= 4 is 21.9 Å². The zero-order valence-corrected chi connectivity index (χ0v) is 16.3. The van der Waals surface area contributed by atoms with Crippen LogP contribution in [0.2, 0.25) is 0 Å². The van der Waals surface area contributed by atoms with E-state index in [1.165, 1.54) is 12.1 Å². The minimum atomic E-state index is -3.90. The van der Waals surface area contributed by atoms with Crippen LogP contribution in [0.4, 0.5) is 0 Å². The highest BCUT2D eigenvalue weighted by molar-refractivity contribution is 7.89. The van der Waals surface area contributed by atoms with Crippen molar-refractivity contribution < 1.29 is 27.9 Å². The van der Waals surface area contributed by atoms with Gasteiger partial charge in [0.15, 0.2) is 6.04 Å². The molecule has 2 aromatic rings. The Morgan fingerprint density at radius 1 is 1.07 bits per heavy atom. The molecular formula is C19H22N2O6S. The molecule has 0 saturated heterocycles. The quantitative estimate of drug-likeness (QED) is 0.554. The minimum absolute atomic E-state index is 0.0136. The van der Waals surface area contributed by atoms with Crippen LogP contribution in [0.5, 0.6) is 0 Å². The number of benzene rings is 2. The molecule has 0 aromatic heterocycles. The fourth-order valence-electron chi connectivity index (χ4n) is 2.42. The molecule has 3 N–H and O–H groups in total. The Labute approximate surface area is 163 Å². The lowest BCUT2D eigenvalue weighted by Crippen LogP contribution is -2.48. The molecule has 0 heterocycles. The SMILES string of the molecule is COC(=O)C(NC(=O)CNS(=O)(=O)c1ccc(C)cc1)C(O)c1ccccc1. The summed E-state index contributed by atoms with van der Waals surface area (Å²) in [4.78, 5) is 24.2. The maximum atomic E-state index is 12.2. The second kappa shape index (κ2) is 9.45. The van der Waals surface area contributed by atoms with Crippen LogP contribution in [-0.4, -0.2) is 45.1 Å². The first kappa shape index (κ1) is 21.5. The van der Waals surface area contributed by atoms with E-state index >= 15 is 0 Å². The van der Waals surface area contributed by atoms with E-state index in [1.54, 1.807) is 42.5 Å². The summed E-state index contributed by atoms with van der Waals surface area (Å²) in [6, 6.07) is 13.0. The van der Waals surface area contributed by atoms with Gasteiger partial charge in [0.05, 0.1) is 18.6 Å². The zero-order valence-electron chi connectivity index (χ0n) is 15.5. The lowest BCUT2D eigenvalue weighted by atomic mass is 10.0. The molecule has 2 unspecified atom stereocenters. The van der Waals surface area contributed by atoms with Crippen molar-refractivity contribution in [2.45, 2.75) is 24.0 Å². The monoisotopic (exact) mass is 406 g/mol. The smallest absolute Gasteiger partial charge is 0.331 e. The molecule has 0 aliphatic rings. The second-order valence-corrected chi connectivity index (χ2v) is 7.83. The zero-order chi connectivity index (χ0) is 20.7. The lowest BCUT2D eigenvalue weighted by Gasteiger charge is -2.22. The van der Waals surface area contributed by atoms with Crippen molar-refractivity contribution in [3.05, 3.63) is 65.7 Å². The number of sulfonamides is 1. The summed E-state index contributed by atoms with van der Waals surface area (Å²) in [6.45, 7) is 1.22. The van der Waals surface area contributed by atoms with Crippen molar-refractivity contribution in [2.24, 2.45) is 0 Å². The number of aliphatic hydroxyl groups excluding tert-OH is 1. The third-order valence-corrected chi connectivity index (χ3v) is 5.40. The molecule has 2 aromatic carbocycles. The average molecular weight is 406 g/mol. The van der Waals surface area contributed by atoms with Gasteiger partial charge in [0.2, 0.25) is 15.9 Å². The third-order valence-electron chi connectivity index (χ3n) is 3.98. The van der Waals surface area contributed by atoms with E-state index in [0.29, 0.717) is 5.56 Å². The van der Waals surface area contributed by atoms with Gasteiger partial charge in [-0.2, -0.15) is 0 Å². The first-order chi connectivity index (χ1) is 13.2. The molecule has 8 nitrogen and oxygen atoms in total. The molecule has 9 heteroatoms. The second-order valence-electron chi connectivity index (χ2n) is 6.06. The Hall–Kier alpha value is -2.75. The third kappa shape index (κ3) is 5.62. The van der Waals surface area contributed by atoms with Crippen molar-refractivity contribution in [1.82, 2.24) is 10.0 Å². The topological polar surface area (TPSA) is 122 Å². The standard InChI is InChI=1S/C19H22N2O6S/c1-13-8-10-15(11-9-13)28(25,26)20-12-16(22)21-17(19(24)27-2)18(23)14-6-4-3-5-7-14/h3-11,17-18,20,23H,12H2,1-2H3,(H,21,22). The van der Waals surface area contributed by atoms with E-state index in [2.05, 4.69) is 14.8 Å². The molecule has 0 spiro atoms. The first-order valence-electron chi connectivity index (χ1n) is 8.41. The Balaban J connectivity index is 2.05. The summed E-state index contributed by atoms with van der Waals surface area (Å²) >= 11 is 0. The summed E-state index contributed by atoms with van der Waals surface area (Å²) in [5, 5.41) is 12.7. The van der Waals surface area contributed by atoms with E-state index in [1.807, 2.05) is 6.92 Å². The molecule has 0 fully saturated rings. The number of ether oxygens (including phenoxy) is 1. The molecule has 0 radical (unpaired) electrons. The first-order valence-corrected chi connectivity index (χ1v) is 9.89. The number of methoxy groups -OCH3 is 1. The van der Waals surface area contributed by atoms with Gasteiger partial charge in [0.25, 0.3) is 0 Å². The summed E-state index contributed by atoms with van der Waals surface area (Å²) < 4.78 is 31.3. The fraction of sp³-hybridized carbons (Fsp3) is 0.263. The molecule has 28 heavy (non-hydrogen) atoms. The highest BCUT2D eigenvalue weighted by Crippen LogP contribution is 2.17. The molecule has 0 saturated carbocycles. The summed E-state index contributed by atoms with van der Waals surface area (Å²) in [6.07, 6.45) is -1.36. The summed E-state index contributed by atoms with van der Waals surface area (Å²) in [5.41, 5.74) is 1.30. The van der Waals surface area contributed by atoms with Crippen LogP contribution in [0.1, 0.15) is 17.2 Å². The highest BCUT2D eigenvalue weighted by atomic mass is 32.2. The lowest BCUT2D eigenvalue weighted by molar-refractivity contribution is -0.148. The Bertz CT molecular complexity index is 913. The van der Waals surface area contributed by atoms with E-state index in [9.17, 15) is 23.1 Å². The van der Waals surface area contributed by atoms with Crippen LogP contribution >= 0.6 is 0 Å². The van der Waals surface area contributed by atoms with Crippen molar-refractivity contribution in [1.29, 1.82) is 0 Å². The molecule has 150 valence electrons. The van der Waals surface area contributed by atoms with Crippen LogP contribution in [0, 0.1) is 6.92 Å². The fourth-order valence-corrected chi connectivity index (χ4v) is 3.40. The van der Waals surface area contributed by atoms with Crippen LogP contribution in [0.15, 0.2) is 59.5 Å². The maximum absolute atomic E-state index is 12.2. The van der Waals surface area contributed by atoms with Gasteiger partial charge in [0, 0.05) is 0 Å². The van der Waals surface area contributed by atoms with E-state index in [0.717, 1.165) is 12.7 Å². The molecule has 0 aliphatic heterocycles. The van der Waals surface area contributed by atoms with Gasteiger partial charge < -0.3 is 15.2 Å². The Morgan fingerprint density at radius 2 is 1.68 bits per heavy atom. The minimum Gasteiger partial charge on any atom is -0.467 e. The van der Waals surface area contributed by atoms with Gasteiger partial charge in [-0.25, -0.2) is 17.9 Å².